The standard InChI is InChI=1S/C34H50N8O6/c1-34(2,3)27(41-31(46)25(19-8-5-4-6-9-19)40-30(45)24-17-36-14-15-37-24)33(48)42-18-21-10-7-11-22(21)26(42)32(47)39-23(28(35)43)16-20-12-13-38-29(20)44/h14-15,17,19-23,25-27H,4-13,16,18H2,1-3H3,(H2,35,43)(H,38,44)(H,39,47)(H,40,45)(H,41,46)/t20-,21-,22-,23-,25-,26?,27+/m0/s1. The molecule has 0 bridgehead atoms. The number of primary amides is 1. The third-order valence-electron chi connectivity index (χ3n) is 10.7. The van der Waals surface area contributed by atoms with Crippen molar-refractivity contribution < 1.29 is 28.8 Å². The van der Waals surface area contributed by atoms with Crippen molar-refractivity contribution in [3.63, 3.8) is 0 Å². The molecule has 0 aromatic carbocycles. The molecule has 14 heteroatoms. The summed E-state index contributed by atoms with van der Waals surface area (Å²) in [5, 5.41) is 11.4. The molecule has 1 aromatic rings. The highest BCUT2D eigenvalue weighted by Crippen LogP contribution is 2.43. The van der Waals surface area contributed by atoms with Crippen LogP contribution in [0.4, 0.5) is 0 Å². The summed E-state index contributed by atoms with van der Waals surface area (Å²) in [5.41, 5.74) is 5.02. The highest BCUT2D eigenvalue weighted by atomic mass is 16.2. The number of likely N-dealkylation sites (tertiary alicyclic amines) is 1. The van der Waals surface area contributed by atoms with E-state index < -0.39 is 59.1 Å². The van der Waals surface area contributed by atoms with Crippen LogP contribution in [0.3, 0.4) is 0 Å². The second-order valence-electron chi connectivity index (χ2n) is 15.0. The van der Waals surface area contributed by atoms with Crippen molar-refractivity contribution in [2.75, 3.05) is 13.1 Å². The van der Waals surface area contributed by atoms with Crippen molar-refractivity contribution in [1.82, 2.24) is 36.1 Å². The summed E-state index contributed by atoms with van der Waals surface area (Å²) in [6.45, 7) is 6.41. The summed E-state index contributed by atoms with van der Waals surface area (Å²) >= 11 is 0. The van der Waals surface area contributed by atoms with E-state index >= 15 is 0 Å². The molecule has 4 aliphatic rings. The van der Waals surface area contributed by atoms with Crippen LogP contribution >= 0.6 is 0 Å². The van der Waals surface area contributed by atoms with Gasteiger partial charge >= 0.3 is 0 Å². The van der Waals surface area contributed by atoms with Crippen LogP contribution in [0.5, 0.6) is 0 Å². The predicted molar refractivity (Wildman–Crippen MR) is 174 cm³/mol. The molecule has 48 heavy (non-hydrogen) atoms. The number of amides is 6. The maximum atomic E-state index is 14.5. The monoisotopic (exact) mass is 666 g/mol. The van der Waals surface area contributed by atoms with Crippen LogP contribution in [0.25, 0.3) is 0 Å². The molecule has 2 saturated heterocycles. The quantitative estimate of drug-likeness (QED) is 0.228. The van der Waals surface area contributed by atoms with Gasteiger partial charge in [-0.25, -0.2) is 4.98 Å². The fraction of sp³-hybridized carbons (Fsp3) is 0.706. The zero-order chi connectivity index (χ0) is 34.6. The molecule has 0 spiro atoms. The second kappa shape index (κ2) is 15.0. The van der Waals surface area contributed by atoms with E-state index in [1.54, 1.807) is 4.90 Å². The highest BCUT2D eigenvalue weighted by Gasteiger charge is 2.52. The SMILES string of the molecule is CC(C)(C)[C@H](NC(=O)[C@@H](NC(=O)c1cnccn1)C1CCCCC1)C(=O)N1C[C@@H]2CCC[C@@H]2C1C(=O)N[C@@H](C[C@@H]1CCNC1=O)C(N)=O. The lowest BCUT2D eigenvalue weighted by Crippen LogP contribution is -2.62. The molecule has 6 amide bonds. The zero-order valence-electron chi connectivity index (χ0n) is 28.2. The smallest absolute Gasteiger partial charge is 0.272 e. The molecule has 4 fully saturated rings. The van der Waals surface area contributed by atoms with Gasteiger partial charge in [0.05, 0.1) is 6.20 Å². The summed E-state index contributed by atoms with van der Waals surface area (Å²) in [6, 6.07) is -3.81. The third kappa shape index (κ3) is 7.95. The van der Waals surface area contributed by atoms with Crippen molar-refractivity contribution in [2.24, 2.45) is 34.8 Å². The number of rotatable bonds is 11. The first kappa shape index (κ1) is 35.2. The topological polar surface area (TPSA) is 206 Å². The summed E-state index contributed by atoms with van der Waals surface area (Å²) < 4.78 is 0. The van der Waals surface area contributed by atoms with Crippen LogP contribution in [0.2, 0.25) is 0 Å². The maximum Gasteiger partial charge on any atom is 0.272 e. The van der Waals surface area contributed by atoms with Crippen LogP contribution in [-0.4, -0.2) is 87.6 Å². The van der Waals surface area contributed by atoms with Gasteiger partial charge in [-0.15, -0.1) is 0 Å². The molecule has 6 N–H and O–H groups in total. The molecule has 0 radical (unpaired) electrons. The van der Waals surface area contributed by atoms with Gasteiger partial charge in [0.2, 0.25) is 29.5 Å². The molecule has 262 valence electrons. The fourth-order valence-corrected chi connectivity index (χ4v) is 8.07. The van der Waals surface area contributed by atoms with Crippen LogP contribution in [0.15, 0.2) is 18.6 Å². The Morgan fingerprint density at radius 1 is 0.979 bits per heavy atom. The van der Waals surface area contributed by atoms with Crippen LogP contribution in [0.1, 0.15) is 95.5 Å². The molecule has 2 aliphatic heterocycles. The normalized spacial score (nSPS) is 26.1. The van der Waals surface area contributed by atoms with E-state index in [4.69, 9.17) is 5.73 Å². The first-order chi connectivity index (χ1) is 22.8. The Morgan fingerprint density at radius 3 is 2.35 bits per heavy atom. The minimum atomic E-state index is -1.06. The van der Waals surface area contributed by atoms with E-state index in [-0.39, 0.29) is 41.7 Å². The van der Waals surface area contributed by atoms with Crippen LogP contribution < -0.4 is 27.0 Å². The van der Waals surface area contributed by atoms with Crippen molar-refractivity contribution in [2.45, 2.75) is 109 Å². The molecule has 14 nitrogen and oxygen atoms in total. The zero-order valence-corrected chi connectivity index (χ0v) is 28.2. The van der Waals surface area contributed by atoms with Gasteiger partial charge in [0.15, 0.2) is 0 Å². The number of nitrogens with zero attached hydrogens (tertiary/aromatic N) is 3. The Morgan fingerprint density at radius 2 is 1.73 bits per heavy atom. The minimum Gasteiger partial charge on any atom is -0.368 e. The Bertz CT molecular complexity index is 1380. The summed E-state index contributed by atoms with van der Waals surface area (Å²) in [7, 11) is 0. The first-order valence-corrected chi connectivity index (χ1v) is 17.4. The number of carbonyl (C=O) groups is 6. The summed E-state index contributed by atoms with van der Waals surface area (Å²) in [5.74, 6) is -3.31. The lowest BCUT2D eigenvalue weighted by Gasteiger charge is -2.38. The molecule has 2 aliphatic carbocycles. The number of carbonyl (C=O) groups excluding carboxylic acids is 6. The molecular weight excluding hydrogens is 616 g/mol. The van der Waals surface area contributed by atoms with Gasteiger partial charge in [-0.1, -0.05) is 46.5 Å². The average molecular weight is 667 g/mol. The minimum absolute atomic E-state index is 0.0885. The van der Waals surface area contributed by atoms with Gasteiger partial charge in [0.1, 0.15) is 29.9 Å². The molecule has 2 saturated carbocycles. The number of nitrogens with one attached hydrogen (secondary N) is 4. The van der Waals surface area contributed by atoms with Crippen molar-refractivity contribution in [3.05, 3.63) is 24.3 Å². The molecule has 1 unspecified atom stereocenters. The number of hydrogen-bond acceptors (Lipinski definition) is 8. The van der Waals surface area contributed by atoms with E-state index in [1.165, 1.54) is 18.6 Å². The Labute approximate surface area is 281 Å². The van der Waals surface area contributed by atoms with E-state index in [2.05, 4.69) is 31.2 Å². The number of fused-ring (bicyclic) bond motifs is 1. The largest absolute Gasteiger partial charge is 0.368 e. The van der Waals surface area contributed by atoms with Gasteiger partial charge in [-0.3, -0.25) is 33.8 Å². The Hall–Kier alpha value is -4.10. The van der Waals surface area contributed by atoms with Crippen molar-refractivity contribution in [3.8, 4) is 0 Å². The predicted octanol–water partition coefficient (Wildman–Crippen LogP) is 0.810. The average Bonchev–Trinajstić information content (AvgIpc) is 3.78. The van der Waals surface area contributed by atoms with Crippen LogP contribution in [0, 0.1) is 29.1 Å². The van der Waals surface area contributed by atoms with Gasteiger partial charge < -0.3 is 31.9 Å². The Balaban J connectivity index is 1.36. The lowest BCUT2D eigenvalue weighted by molar-refractivity contribution is -0.145. The first-order valence-electron chi connectivity index (χ1n) is 17.4. The van der Waals surface area contributed by atoms with E-state index in [1.807, 2.05) is 20.8 Å². The van der Waals surface area contributed by atoms with Gasteiger partial charge in [0.25, 0.3) is 5.91 Å². The Kier molecular flexibility index (Phi) is 11.0. The number of aromatic nitrogens is 2. The molecule has 5 rings (SSSR count). The van der Waals surface area contributed by atoms with Crippen molar-refractivity contribution in [1.29, 1.82) is 0 Å². The van der Waals surface area contributed by atoms with E-state index in [0.717, 1.165) is 51.4 Å². The van der Waals surface area contributed by atoms with Gasteiger partial charge in [-0.05, 0) is 61.7 Å². The van der Waals surface area contributed by atoms with Crippen LogP contribution in [-0.2, 0) is 24.0 Å². The highest BCUT2D eigenvalue weighted by molar-refractivity contribution is 5.98. The summed E-state index contributed by atoms with van der Waals surface area (Å²) in [6.07, 6.45) is 11.8. The molecule has 7 atom stereocenters. The lowest BCUT2D eigenvalue weighted by atomic mass is 9.82. The van der Waals surface area contributed by atoms with E-state index in [9.17, 15) is 28.8 Å². The molecular formula is C34H50N8O6. The molecule has 3 heterocycles. The van der Waals surface area contributed by atoms with Crippen molar-refractivity contribution >= 4 is 35.4 Å². The fourth-order valence-electron chi connectivity index (χ4n) is 8.07. The number of hydrogen-bond donors (Lipinski definition) is 5. The molecule has 1 aromatic heterocycles. The third-order valence-corrected chi connectivity index (χ3v) is 10.7. The van der Waals surface area contributed by atoms with E-state index in [0.29, 0.717) is 19.5 Å². The number of nitrogens with two attached hydrogens (primary N) is 1. The maximum absolute atomic E-state index is 14.5. The summed E-state index contributed by atoms with van der Waals surface area (Å²) in [4.78, 5) is 90.0. The van der Waals surface area contributed by atoms with Gasteiger partial charge in [-0.2, -0.15) is 0 Å². The van der Waals surface area contributed by atoms with Gasteiger partial charge in [0, 0.05) is 31.4 Å². The second-order valence-corrected chi connectivity index (χ2v) is 15.0.